The van der Waals surface area contributed by atoms with Crippen LogP contribution < -0.4 is 8.83 Å². The molecule has 1 aromatic heterocycles. The van der Waals surface area contributed by atoms with E-state index < -0.39 is 0 Å². The Bertz CT molecular complexity index is 201. The summed E-state index contributed by atoms with van der Waals surface area (Å²) >= 11 is 4.79. The van der Waals surface area contributed by atoms with Gasteiger partial charge in [-0.05, 0) is 4.09 Å². The summed E-state index contributed by atoms with van der Waals surface area (Å²) in [5.74, 6) is 0. The molecule has 0 atom stereocenters. The number of H-pyrrole nitrogens is 1. The first-order valence-electron chi connectivity index (χ1n) is 1.58. The maximum atomic E-state index is 10.2. The van der Waals surface area contributed by atoms with Gasteiger partial charge in [0.1, 0.15) is 0 Å². The lowest BCUT2D eigenvalue weighted by molar-refractivity contribution is -0.550. The van der Waals surface area contributed by atoms with Crippen LogP contribution in [0.25, 0.3) is 0 Å². The van der Waals surface area contributed by atoms with Gasteiger partial charge in [-0.25, -0.2) is 0 Å². The van der Waals surface area contributed by atoms with Crippen molar-refractivity contribution >= 4 is 24.3 Å². The van der Waals surface area contributed by atoms with Gasteiger partial charge in [0.15, 0.2) is 12.8 Å². The quantitative estimate of drug-likeness (QED) is 0.362. The minimum absolute atomic E-state index is 0.0185. The normalized spacial score (nSPS) is 9.29. The van der Waals surface area contributed by atoms with Crippen LogP contribution in [0.3, 0.4) is 0 Å². The predicted octanol–water partition coefficient (Wildman–Crippen LogP) is -0.583. The minimum Gasteiger partial charge on any atom is -0.269 e. The summed E-state index contributed by atoms with van der Waals surface area (Å²) in [4.78, 5) is 10.2. The molecule has 3 nitrogen and oxygen atoms in total. The van der Waals surface area contributed by atoms with Crippen LogP contribution in [-0.4, -0.2) is 4.49 Å². The summed E-state index contributed by atoms with van der Waals surface area (Å²) in [6.45, 7) is 0. The van der Waals surface area contributed by atoms with E-state index in [9.17, 15) is 4.79 Å². The van der Waals surface area contributed by atoms with Crippen LogP contribution in [0.2, 0.25) is 0 Å². The molecular weight excluding hydrogens is 132 g/mol. The Balaban J connectivity index is 3.30. The van der Waals surface area contributed by atoms with Crippen LogP contribution >= 0.6 is 24.3 Å². The van der Waals surface area contributed by atoms with E-state index in [2.05, 4.69) is 17.3 Å². The van der Waals surface area contributed by atoms with Crippen molar-refractivity contribution in [1.82, 2.24) is 4.49 Å². The van der Waals surface area contributed by atoms with E-state index in [1.54, 1.807) is 0 Å². The van der Waals surface area contributed by atoms with Crippen molar-refractivity contribution in [2.45, 2.75) is 0 Å². The molecule has 0 aliphatic heterocycles. The zero-order valence-corrected chi connectivity index (χ0v) is 5.00. The molecule has 0 bridgehead atoms. The van der Waals surface area contributed by atoms with Crippen molar-refractivity contribution in [2.75, 3.05) is 0 Å². The second-order valence-electron chi connectivity index (χ2n) is 0.986. The predicted molar refractivity (Wildman–Crippen MR) is 29.5 cm³/mol. The van der Waals surface area contributed by atoms with E-state index in [1.165, 1.54) is 10.3 Å². The number of aromatic amines is 1. The van der Waals surface area contributed by atoms with Crippen molar-refractivity contribution in [3.05, 3.63) is 15.7 Å². The fraction of sp³-hybridized carbons (Fsp3) is 0. The van der Waals surface area contributed by atoms with Crippen LogP contribution in [0.15, 0.2) is 11.0 Å². The van der Waals surface area contributed by atoms with E-state index in [1.807, 2.05) is 0 Å². The second kappa shape index (κ2) is 1.67. The first-order chi connectivity index (χ1) is 3.29. The van der Waals surface area contributed by atoms with E-state index in [0.717, 1.165) is 11.5 Å². The number of hydrogen-bond donors (Lipinski definition) is 2. The highest BCUT2D eigenvalue weighted by molar-refractivity contribution is 7.73. The van der Waals surface area contributed by atoms with E-state index in [4.69, 9.17) is 0 Å². The Morgan fingerprint density at radius 3 is 2.86 bits per heavy atom. The summed E-state index contributed by atoms with van der Waals surface area (Å²) in [7, 11) is 0. The fourth-order valence-electron chi connectivity index (χ4n) is 0.244. The second-order valence-corrected chi connectivity index (χ2v) is 2.21. The van der Waals surface area contributed by atoms with Crippen molar-refractivity contribution in [3.63, 3.8) is 0 Å². The van der Waals surface area contributed by atoms with Crippen molar-refractivity contribution < 1.29 is 4.09 Å². The summed E-state index contributed by atoms with van der Waals surface area (Å²) in [6.07, 6.45) is 1.35. The van der Waals surface area contributed by atoms with Gasteiger partial charge in [-0.1, -0.05) is 0 Å². The first kappa shape index (κ1) is 4.86. The van der Waals surface area contributed by atoms with Gasteiger partial charge in [-0.3, -0.25) is 4.79 Å². The number of nitrogens with one attached hydrogen (secondary N) is 1. The molecule has 0 saturated carbocycles. The van der Waals surface area contributed by atoms with Crippen LogP contribution in [0.5, 0.6) is 0 Å². The minimum atomic E-state index is -0.0185. The van der Waals surface area contributed by atoms with Crippen molar-refractivity contribution in [2.24, 2.45) is 0 Å². The highest BCUT2D eigenvalue weighted by Crippen LogP contribution is 1.67. The molecule has 0 aliphatic carbocycles. The molecule has 1 aromatic rings. The number of hydrogen-bond acceptors (Lipinski definition) is 3. The van der Waals surface area contributed by atoms with Crippen LogP contribution in [0, 0.1) is 0 Å². The molecule has 1 N–H and O–H groups in total. The lowest BCUT2D eigenvalue weighted by Crippen LogP contribution is -2.20. The molecule has 5 heteroatoms. The van der Waals surface area contributed by atoms with Gasteiger partial charge in [0.05, 0.1) is 0 Å². The molecular formula is C2H3N2OS2+. The highest BCUT2D eigenvalue weighted by atomic mass is 32.1. The Morgan fingerprint density at radius 2 is 2.71 bits per heavy atom. The van der Waals surface area contributed by atoms with Crippen LogP contribution in [-0.2, 0) is 0 Å². The molecule has 38 valence electrons. The topological polar surface area (TPSA) is 36.7 Å². The fourth-order valence-corrected chi connectivity index (χ4v) is 0.944. The Kier molecular flexibility index (Phi) is 1.16. The maximum absolute atomic E-state index is 10.2. The largest absolute Gasteiger partial charge is 0.319 e. The van der Waals surface area contributed by atoms with Crippen LogP contribution in [0.1, 0.15) is 0 Å². The average Bonchev–Trinajstić information content (AvgIpc) is 1.87. The summed E-state index contributed by atoms with van der Waals surface area (Å²) < 4.78 is 3.87. The molecule has 0 aliphatic rings. The molecule has 0 unspecified atom stereocenters. The summed E-state index contributed by atoms with van der Waals surface area (Å²) in [5.41, 5.74) is 0. The molecule has 0 aromatic carbocycles. The van der Waals surface area contributed by atoms with Gasteiger partial charge >= 0.3 is 4.74 Å². The number of rotatable bonds is 0. The van der Waals surface area contributed by atoms with Crippen LogP contribution in [0.4, 0.5) is 0 Å². The zero-order chi connectivity index (χ0) is 5.28. The lowest BCUT2D eigenvalue weighted by Gasteiger charge is -1.58. The summed E-state index contributed by atoms with van der Waals surface area (Å²) in [6, 6.07) is 0. The SMILES string of the molecule is O=c1c[n+](S)[nH]s1. The molecule has 1 heterocycles. The molecule has 0 fully saturated rings. The molecule has 0 amide bonds. The average molecular weight is 135 g/mol. The smallest absolute Gasteiger partial charge is 0.269 e. The Morgan fingerprint density at radius 1 is 2.00 bits per heavy atom. The van der Waals surface area contributed by atoms with Gasteiger partial charge < -0.3 is 0 Å². The number of nitrogens with zero attached hydrogens (tertiary/aromatic N) is 1. The molecule has 0 radical (unpaired) electrons. The lowest BCUT2D eigenvalue weighted by atomic mass is 11.0. The summed E-state index contributed by atoms with van der Waals surface area (Å²) in [5, 5.41) is 0. The van der Waals surface area contributed by atoms with E-state index in [-0.39, 0.29) is 4.74 Å². The Hall–Kier alpha value is -0.290. The standard InChI is InChI=1S/C2H2N2OS2/c5-2-1-4(6)3-7-2/h1H,(H-,3,5,6)/p+1. The monoisotopic (exact) mass is 135 g/mol. The third-order valence-electron chi connectivity index (χ3n) is 0.467. The third-order valence-corrected chi connectivity index (χ3v) is 1.41. The highest BCUT2D eigenvalue weighted by Gasteiger charge is 1.93. The Labute approximate surface area is 49.3 Å². The van der Waals surface area contributed by atoms with Gasteiger partial charge in [0.25, 0.3) is 6.20 Å². The maximum Gasteiger partial charge on any atom is 0.319 e. The molecule has 1 rings (SSSR count). The van der Waals surface area contributed by atoms with E-state index in [0.29, 0.717) is 0 Å². The molecule has 7 heavy (non-hydrogen) atoms. The van der Waals surface area contributed by atoms with Crippen molar-refractivity contribution in [1.29, 1.82) is 0 Å². The first-order valence-corrected chi connectivity index (χ1v) is 2.80. The molecule has 0 saturated heterocycles. The van der Waals surface area contributed by atoms with Gasteiger partial charge in [0, 0.05) is 11.5 Å². The molecule has 0 spiro atoms. The van der Waals surface area contributed by atoms with Gasteiger partial charge in [-0.15, -0.1) is 4.49 Å². The number of aromatic nitrogens is 2. The van der Waals surface area contributed by atoms with Gasteiger partial charge in [-0.2, -0.15) is 0 Å². The zero-order valence-electron chi connectivity index (χ0n) is 3.29. The van der Waals surface area contributed by atoms with Crippen molar-refractivity contribution in [3.8, 4) is 0 Å². The number of thiol groups is 1. The van der Waals surface area contributed by atoms with Gasteiger partial charge in [0.2, 0.25) is 0 Å². The van der Waals surface area contributed by atoms with E-state index >= 15 is 0 Å². The third kappa shape index (κ3) is 1.04.